The molecule has 134 valence electrons. The van der Waals surface area contributed by atoms with E-state index in [4.69, 9.17) is 0 Å². The van der Waals surface area contributed by atoms with Gasteiger partial charge in [0.15, 0.2) is 5.13 Å². The summed E-state index contributed by atoms with van der Waals surface area (Å²) >= 11 is 1.52. The van der Waals surface area contributed by atoms with E-state index in [2.05, 4.69) is 46.6 Å². The van der Waals surface area contributed by atoms with Gasteiger partial charge in [0.1, 0.15) is 0 Å². The zero-order valence-corrected chi connectivity index (χ0v) is 15.9. The molecule has 1 amide bonds. The van der Waals surface area contributed by atoms with Gasteiger partial charge < -0.3 is 5.32 Å². The van der Waals surface area contributed by atoms with Crippen molar-refractivity contribution in [3.63, 3.8) is 0 Å². The second-order valence-corrected chi connectivity index (χ2v) is 8.02. The van der Waals surface area contributed by atoms with Crippen LogP contribution in [0.2, 0.25) is 0 Å². The van der Waals surface area contributed by atoms with E-state index < -0.39 is 0 Å². The van der Waals surface area contributed by atoms with Crippen LogP contribution in [0.15, 0.2) is 35.7 Å². The number of likely N-dealkylation sites (tertiary alicyclic amines) is 1. The predicted octanol–water partition coefficient (Wildman–Crippen LogP) is 4.51. The number of hydrogen-bond donors (Lipinski definition) is 1. The van der Waals surface area contributed by atoms with Gasteiger partial charge in [0.2, 0.25) is 5.91 Å². The minimum absolute atomic E-state index is 0.0315. The monoisotopic (exact) mass is 357 g/mol. The van der Waals surface area contributed by atoms with Crippen molar-refractivity contribution in [2.75, 3.05) is 18.4 Å². The van der Waals surface area contributed by atoms with Crippen LogP contribution in [0.3, 0.4) is 0 Å². The number of piperidine rings is 1. The van der Waals surface area contributed by atoms with Crippen LogP contribution in [0.5, 0.6) is 0 Å². The van der Waals surface area contributed by atoms with Crippen LogP contribution < -0.4 is 5.32 Å². The van der Waals surface area contributed by atoms with E-state index in [0.717, 1.165) is 31.2 Å². The van der Waals surface area contributed by atoms with E-state index >= 15 is 0 Å². The molecule has 1 aliphatic rings. The van der Waals surface area contributed by atoms with Crippen LogP contribution in [-0.2, 0) is 11.3 Å². The van der Waals surface area contributed by atoms with Crippen LogP contribution in [0.25, 0.3) is 0 Å². The molecule has 1 aromatic carbocycles. The second kappa shape index (κ2) is 8.59. The maximum Gasteiger partial charge on any atom is 0.226 e. The molecule has 2 aromatic rings. The summed E-state index contributed by atoms with van der Waals surface area (Å²) in [4.78, 5) is 19.3. The van der Waals surface area contributed by atoms with Gasteiger partial charge >= 0.3 is 0 Å². The topological polar surface area (TPSA) is 45.2 Å². The standard InChI is InChI=1S/C20H27N3OS/c1-15-8-10-23(11-9-15)13-18-14-25-20(21-18)22-19(24)12-16(2)17-6-4-3-5-7-17/h3-7,14-16H,8-13H2,1-2H3,(H,21,22,24)/t16-/m0/s1. The van der Waals surface area contributed by atoms with E-state index in [1.54, 1.807) is 0 Å². The zero-order valence-electron chi connectivity index (χ0n) is 15.1. The van der Waals surface area contributed by atoms with Crippen LogP contribution >= 0.6 is 11.3 Å². The molecule has 1 aromatic heterocycles. The normalized spacial score (nSPS) is 17.4. The van der Waals surface area contributed by atoms with Gasteiger partial charge in [-0.25, -0.2) is 4.98 Å². The predicted molar refractivity (Wildman–Crippen MR) is 104 cm³/mol. The molecule has 5 heteroatoms. The van der Waals surface area contributed by atoms with E-state index in [1.807, 2.05) is 18.2 Å². The van der Waals surface area contributed by atoms with Gasteiger partial charge in [-0.05, 0) is 43.3 Å². The third-order valence-electron chi connectivity index (χ3n) is 4.92. The molecule has 0 unspecified atom stereocenters. The fraction of sp³-hybridized carbons (Fsp3) is 0.500. The largest absolute Gasteiger partial charge is 0.302 e. The van der Waals surface area contributed by atoms with Gasteiger partial charge in [0, 0.05) is 18.3 Å². The molecular formula is C20H27N3OS. The minimum Gasteiger partial charge on any atom is -0.302 e. The highest BCUT2D eigenvalue weighted by atomic mass is 32.1. The lowest BCUT2D eigenvalue weighted by atomic mass is 9.98. The summed E-state index contributed by atoms with van der Waals surface area (Å²) in [6.45, 7) is 7.59. The summed E-state index contributed by atoms with van der Waals surface area (Å²) in [6, 6.07) is 10.2. The molecular weight excluding hydrogens is 330 g/mol. The molecule has 0 aliphatic carbocycles. The molecule has 25 heavy (non-hydrogen) atoms. The Morgan fingerprint density at radius 2 is 2.04 bits per heavy atom. The fourth-order valence-corrected chi connectivity index (χ4v) is 3.95. The van der Waals surface area contributed by atoms with Gasteiger partial charge in [0.05, 0.1) is 5.69 Å². The van der Waals surface area contributed by atoms with Crippen molar-refractivity contribution in [2.45, 2.75) is 45.6 Å². The number of rotatable bonds is 6. The number of nitrogens with one attached hydrogen (secondary N) is 1. The van der Waals surface area contributed by atoms with Gasteiger partial charge in [-0.3, -0.25) is 9.69 Å². The van der Waals surface area contributed by atoms with Crippen LogP contribution in [0.4, 0.5) is 5.13 Å². The molecule has 1 atom stereocenters. The quantitative estimate of drug-likeness (QED) is 0.827. The number of carbonyl (C=O) groups is 1. The number of thiazole rings is 1. The number of amides is 1. The third kappa shape index (κ3) is 5.38. The lowest BCUT2D eigenvalue weighted by molar-refractivity contribution is -0.116. The Labute approximate surface area is 154 Å². The third-order valence-corrected chi connectivity index (χ3v) is 5.73. The Morgan fingerprint density at radius 3 is 2.76 bits per heavy atom. The average molecular weight is 358 g/mol. The molecule has 1 fully saturated rings. The van der Waals surface area contributed by atoms with E-state index in [1.165, 1.54) is 29.7 Å². The second-order valence-electron chi connectivity index (χ2n) is 7.17. The summed E-state index contributed by atoms with van der Waals surface area (Å²) < 4.78 is 0. The van der Waals surface area contributed by atoms with Gasteiger partial charge in [-0.1, -0.05) is 44.2 Å². The molecule has 1 saturated heterocycles. The SMILES string of the molecule is CC1CCN(Cc2csc(NC(=O)C[C@H](C)c3ccccc3)n2)CC1. The summed E-state index contributed by atoms with van der Waals surface area (Å²) in [5, 5.41) is 5.73. The Hall–Kier alpha value is -1.72. The van der Waals surface area contributed by atoms with Crippen LogP contribution in [-0.4, -0.2) is 28.9 Å². The van der Waals surface area contributed by atoms with Crippen LogP contribution in [0.1, 0.15) is 50.3 Å². The van der Waals surface area contributed by atoms with Gasteiger partial charge in [-0.2, -0.15) is 0 Å². The number of aromatic nitrogens is 1. The van der Waals surface area contributed by atoms with Crippen molar-refractivity contribution in [3.05, 3.63) is 47.0 Å². The first-order valence-corrected chi connectivity index (χ1v) is 9.99. The number of nitrogens with zero attached hydrogens (tertiary/aromatic N) is 2. The Balaban J connectivity index is 1.48. The van der Waals surface area contributed by atoms with Crippen molar-refractivity contribution in [1.82, 2.24) is 9.88 Å². The highest BCUT2D eigenvalue weighted by Gasteiger charge is 2.17. The van der Waals surface area contributed by atoms with Crippen molar-refractivity contribution in [2.24, 2.45) is 5.92 Å². The summed E-state index contributed by atoms with van der Waals surface area (Å²) in [5.74, 6) is 1.08. The average Bonchev–Trinajstić information content (AvgIpc) is 3.04. The first kappa shape index (κ1) is 18.1. The van der Waals surface area contributed by atoms with E-state index in [9.17, 15) is 4.79 Å². The molecule has 2 heterocycles. The van der Waals surface area contributed by atoms with Crippen molar-refractivity contribution in [1.29, 1.82) is 0 Å². The number of anilines is 1. The summed E-state index contributed by atoms with van der Waals surface area (Å²) in [6.07, 6.45) is 3.01. The minimum atomic E-state index is 0.0315. The Morgan fingerprint density at radius 1 is 1.32 bits per heavy atom. The van der Waals surface area contributed by atoms with Crippen molar-refractivity contribution < 1.29 is 4.79 Å². The molecule has 0 bridgehead atoms. The number of hydrogen-bond acceptors (Lipinski definition) is 4. The summed E-state index contributed by atoms with van der Waals surface area (Å²) in [7, 11) is 0. The smallest absolute Gasteiger partial charge is 0.226 e. The zero-order chi connectivity index (χ0) is 17.6. The Bertz CT molecular complexity index is 677. The first-order chi connectivity index (χ1) is 12.1. The fourth-order valence-electron chi connectivity index (χ4n) is 3.23. The Kier molecular flexibility index (Phi) is 6.21. The molecule has 0 spiro atoms. The lowest BCUT2D eigenvalue weighted by Gasteiger charge is -2.29. The molecule has 3 rings (SSSR count). The van der Waals surface area contributed by atoms with E-state index in [0.29, 0.717) is 11.6 Å². The highest BCUT2D eigenvalue weighted by molar-refractivity contribution is 7.13. The molecule has 4 nitrogen and oxygen atoms in total. The molecule has 1 N–H and O–H groups in total. The maximum atomic E-state index is 12.3. The lowest BCUT2D eigenvalue weighted by Crippen LogP contribution is -2.32. The first-order valence-electron chi connectivity index (χ1n) is 9.11. The summed E-state index contributed by atoms with van der Waals surface area (Å²) in [5.41, 5.74) is 2.25. The highest BCUT2D eigenvalue weighted by Crippen LogP contribution is 2.23. The van der Waals surface area contributed by atoms with Gasteiger partial charge in [0.25, 0.3) is 0 Å². The molecule has 0 saturated carbocycles. The molecule has 1 aliphatic heterocycles. The van der Waals surface area contributed by atoms with Crippen LogP contribution in [0, 0.1) is 5.92 Å². The van der Waals surface area contributed by atoms with E-state index in [-0.39, 0.29) is 11.8 Å². The number of benzene rings is 1. The van der Waals surface area contributed by atoms with Gasteiger partial charge in [-0.15, -0.1) is 11.3 Å². The number of carbonyl (C=O) groups excluding carboxylic acids is 1. The van der Waals surface area contributed by atoms with Crippen molar-refractivity contribution in [3.8, 4) is 0 Å². The maximum absolute atomic E-state index is 12.3. The molecule has 0 radical (unpaired) electrons. The van der Waals surface area contributed by atoms with Crippen molar-refractivity contribution >= 4 is 22.4 Å².